The molecule has 30 heavy (non-hydrogen) atoms. The van der Waals surface area contributed by atoms with Crippen molar-refractivity contribution in [3.8, 4) is 17.0 Å². The summed E-state index contributed by atoms with van der Waals surface area (Å²) in [6.45, 7) is 3.64. The maximum absolute atomic E-state index is 12.6. The molecule has 0 radical (unpaired) electrons. The Morgan fingerprint density at radius 3 is 2.63 bits per heavy atom. The second-order valence-electron chi connectivity index (χ2n) is 7.04. The molecule has 2 heterocycles. The lowest BCUT2D eigenvalue weighted by Crippen LogP contribution is -2.30. The van der Waals surface area contributed by atoms with E-state index >= 15 is 0 Å². The molecule has 0 aliphatic heterocycles. The molecule has 4 aromatic rings. The Balaban J connectivity index is 1.66. The van der Waals surface area contributed by atoms with Crippen LogP contribution in [0.1, 0.15) is 12.6 Å². The minimum absolute atomic E-state index is 0.290. The molecule has 0 aliphatic rings. The summed E-state index contributed by atoms with van der Waals surface area (Å²) in [5.74, 6) is 0.0692. The van der Waals surface area contributed by atoms with Crippen molar-refractivity contribution in [1.29, 1.82) is 0 Å². The lowest BCUT2D eigenvalue weighted by atomic mass is 10.0. The summed E-state index contributed by atoms with van der Waals surface area (Å²) in [6, 6.07) is 18.8. The van der Waals surface area contributed by atoms with Gasteiger partial charge in [0.15, 0.2) is 11.8 Å². The van der Waals surface area contributed by atoms with Gasteiger partial charge in [0.1, 0.15) is 0 Å². The van der Waals surface area contributed by atoms with Crippen molar-refractivity contribution in [2.45, 2.75) is 20.0 Å². The first kappa shape index (κ1) is 19.9. The zero-order chi connectivity index (χ0) is 21.3. The fourth-order valence-corrected chi connectivity index (χ4v) is 3.56. The third-order valence-corrected chi connectivity index (χ3v) is 5.02. The van der Waals surface area contributed by atoms with Gasteiger partial charge in [-0.1, -0.05) is 48.0 Å². The number of benzene rings is 2. The van der Waals surface area contributed by atoms with Crippen LogP contribution in [-0.2, 0) is 11.8 Å². The predicted molar refractivity (Wildman–Crippen MR) is 119 cm³/mol. The van der Waals surface area contributed by atoms with Gasteiger partial charge in [0.25, 0.3) is 5.91 Å². The molecule has 152 valence electrons. The molecule has 0 saturated heterocycles. The standard InChI is InChI=1S/C23H21ClN4O2/c1-14-21-19(16-8-5-4-6-9-16)13-20(26-22(21)28(3)27-14)30-15(2)23(29)25-18-11-7-10-17(24)12-18/h4-13,15H,1-3H3,(H,25,29). The van der Waals surface area contributed by atoms with Crippen LogP contribution in [0.4, 0.5) is 5.69 Å². The third kappa shape index (κ3) is 4.00. The van der Waals surface area contributed by atoms with Crippen LogP contribution in [0.3, 0.4) is 0 Å². The van der Waals surface area contributed by atoms with Gasteiger partial charge in [-0.15, -0.1) is 0 Å². The van der Waals surface area contributed by atoms with Crippen LogP contribution >= 0.6 is 11.6 Å². The minimum Gasteiger partial charge on any atom is -0.464 e. The fourth-order valence-electron chi connectivity index (χ4n) is 3.37. The molecule has 0 bridgehead atoms. The van der Waals surface area contributed by atoms with Gasteiger partial charge >= 0.3 is 0 Å². The zero-order valence-electron chi connectivity index (χ0n) is 16.9. The van der Waals surface area contributed by atoms with Crippen molar-refractivity contribution in [2.75, 3.05) is 5.32 Å². The summed E-state index contributed by atoms with van der Waals surface area (Å²) >= 11 is 5.98. The number of ether oxygens (including phenoxy) is 1. The zero-order valence-corrected chi connectivity index (χ0v) is 17.6. The van der Waals surface area contributed by atoms with Gasteiger partial charge in [-0.3, -0.25) is 9.48 Å². The fraction of sp³-hybridized carbons (Fsp3) is 0.174. The molecule has 1 unspecified atom stereocenters. The van der Waals surface area contributed by atoms with Crippen molar-refractivity contribution in [3.05, 3.63) is 71.4 Å². The number of hydrogen-bond donors (Lipinski definition) is 1. The van der Waals surface area contributed by atoms with Crippen LogP contribution < -0.4 is 10.1 Å². The van der Waals surface area contributed by atoms with Gasteiger partial charge < -0.3 is 10.1 Å². The average molecular weight is 421 g/mol. The number of anilines is 1. The molecule has 4 rings (SSSR count). The molecule has 1 N–H and O–H groups in total. The highest BCUT2D eigenvalue weighted by Gasteiger charge is 2.20. The number of aromatic nitrogens is 3. The molecule has 2 aromatic carbocycles. The topological polar surface area (TPSA) is 69.0 Å². The SMILES string of the molecule is Cc1nn(C)c2nc(OC(C)C(=O)Nc3cccc(Cl)c3)cc(-c3ccccc3)c12. The largest absolute Gasteiger partial charge is 0.464 e. The Kier molecular flexibility index (Phi) is 5.42. The number of amides is 1. The quantitative estimate of drug-likeness (QED) is 0.493. The van der Waals surface area contributed by atoms with E-state index in [-0.39, 0.29) is 5.91 Å². The number of halogens is 1. The third-order valence-electron chi connectivity index (χ3n) is 4.79. The predicted octanol–water partition coefficient (Wildman–Crippen LogP) is 5.00. The van der Waals surface area contributed by atoms with Crippen LogP contribution in [0.2, 0.25) is 5.02 Å². The Bertz CT molecular complexity index is 1220. The molecule has 2 aromatic heterocycles. The summed E-state index contributed by atoms with van der Waals surface area (Å²) in [5, 5.41) is 8.82. The first-order valence-corrected chi connectivity index (χ1v) is 9.93. The Morgan fingerprint density at radius 2 is 1.90 bits per heavy atom. The monoisotopic (exact) mass is 420 g/mol. The Morgan fingerprint density at radius 1 is 1.13 bits per heavy atom. The minimum atomic E-state index is -0.758. The van der Waals surface area contributed by atoms with Crippen molar-refractivity contribution in [2.24, 2.45) is 7.05 Å². The highest BCUT2D eigenvalue weighted by molar-refractivity contribution is 6.30. The number of hydrogen-bond acceptors (Lipinski definition) is 4. The van der Waals surface area contributed by atoms with Gasteiger partial charge in [-0.05, 0) is 43.2 Å². The molecule has 1 atom stereocenters. The lowest BCUT2D eigenvalue weighted by molar-refractivity contribution is -0.122. The van der Waals surface area contributed by atoms with E-state index in [4.69, 9.17) is 16.3 Å². The molecule has 0 saturated carbocycles. The number of rotatable bonds is 5. The number of fused-ring (bicyclic) bond motifs is 1. The smallest absolute Gasteiger partial charge is 0.265 e. The van der Waals surface area contributed by atoms with E-state index in [1.54, 1.807) is 35.9 Å². The molecule has 1 amide bonds. The molecule has 0 aliphatic carbocycles. The van der Waals surface area contributed by atoms with Gasteiger partial charge in [0.05, 0.1) is 11.1 Å². The summed E-state index contributed by atoms with van der Waals surface area (Å²) in [5.41, 5.74) is 4.19. The molecule has 6 nitrogen and oxygen atoms in total. The second kappa shape index (κ2) is 8.16. The summed E-state index contributed by atoms with van der Waals surface area (Å²) in [4.78, 5) is 17.2. The van der Waals surface area contributed by atoms with Gasteiger partial charge in [-0.25, -0.2) is 0 Å². The number of nitrogens with zero attached hydrogens (tertiary/aromatic N) is 3. The lowest BCUT2D eigenvalue weighted by Gasteiger charge is -2.15. The normalized spacial score (nSPS) is 12.0. The van der Waals surface area contributed by atoms with Crippen LogP contribution in [0.25, 0.3) is 22.2 Å². The molecule has 0 fully saturated rings. The van der Waals surface area contributed by atoms with Crippen molar-refractivity contribution >= 4 is 34.2 Å². The molecule has 7 heteroatoms. The van der Waals surface area contributed by atoms with E-state index in [2.05, 4.69) is 15.4 Å². The summed E-state index contributed by atoms with van der Waals surface area (Å²) in [6.07, 6.45) is -0.758. The number of carbonyl (C=O) groups excluding carboxylic acids is 1. The number of pyridine rings is 1. The van der Waals surface area contributed by atoms with Crippen LogP contribution in [0.15, 0.2) is 60.7 Å². The second-order valence-corrected chi connectivity index (χ2v) is 7.48. The van der Waals surface area contributed by atoms with Crippen LogP contribution in [0, 0.1) is 6.92 Å². The van der Waals surface area contributed by atoms with Gasteiger partial charge in [0, 0.05) is 23.8 Å². The van der Waals surface area contributed by atoms with Crippen molar-refractivity contribution in [1.82, 2.24) is 14.8 Å². The van der Waals surface area contributed by atoms with E-state index in [9.17, 15) is 4.79 Å². The summed E-state index contributed by atoms with van der Waals surface area (Å²) < 4.78 is 7.64. The van der Waals surface area contributed by atoms with Gasteiger partial charge in [0.2, 0.25) is 5.88 Å². The highest BCUT2D eigenvalue weighted by Crippen LogP contribution is 2.33. The Hall–Kier alpha value is -3.38. The molecular formula is C23H21ClN4O2. The van der Waals surface area contributed by atoms with Crippen molar-refractivity contribution < 1.29 is 9.53 Å². The Labute approximate surface area is 179 Å². The maximum atomic E-state index is 12.6. The van der Waals surface area contributed by atoms with E-state index in [1.807, 2.05) is 50.4 Å². The van der Waals surface area contributed by atoms with E-state index in [0.29, 0.717) is 22.2 Å². The first-order chi connectivity index (χ1) is 14.4. The number of carbonyl (C=O) groups is 1. The van der Waals surface area contributed by atoms with Crippen molar-refractivity contribution in [3.63, 3.8) is 0 Å². The average Bonchev–Trinajstić information content (AvgIpc) is 3.01. The van der Waals surface area contributed by atoms with Crippen LogP contribution in [0.5, 0.6) is 5.88 Å². The van der Waals surface area contributed by atoms with E-state index in [0.717, 1.165) is 22.2 Å². The molecular weight excluding hydrogens is 400 g/mol. The highest BCUT2D eigenvalue weighted by atomic mass is 35.5. The van der Waals surface area contributed by atoms with Crippen LogP contribution in [-0.4, -0.2) is 26.8 Å². The maximum Gasteiger partial charge on any atom is 0.265 e. The van der Waals surface area contributed by atoms with E-state index in [1.165, 1.54) is 0 Å². The first-order valence-electron chi connectivity index (χ1n) is 9.55. The summed E-state index contributed by atoms with van der Waals surface area (Å²) in [7, 11) is 1.84. The number of nitrogens with one attached hydrogen (secondary N) is 1. The van der Waals surface area contributed by atoms with E-state index < -0.39 is 6.10 Å². The van der Waals surface area contributed by atoms with Gasteiger partial charge in [-0.2, -0.15) is 10.1 Å². The molecule has 0 spiro atoms. The number of aryl methyl sites for hydroxylation is 2.